The van der Waals surface area contributed by atoms with Crippen LogP contribution in [0.25, 0.3) is 0 Å². The first-order chi connectivity index (χ1) is 11.2. The van der Waals surface area contributed by atoms with Gasteiger partial charge in [0.15, 0.2) is 0 Å². The number of benzene rings is 1. The van der Waals surface area contributed by atoms with Crippen LogP contribution in [-0.4, -0.2) is 54.6 Å². The molecule has 0 amide bonds. The number of aliphatic hydroxyl groups is 2. The first kappa shape index (κ1) is 19.5. The lowest BCUT2D eigenvalue weighted by Gasteiger charge is -2.39. The Morgan fingerprint density at radius 3 is 2.50 bits per heavy atom. The number of piperidine rings is 1. The van der Waals surface area contributed by atoms with Crippen LogP contribution >= 0.6 is 11.6 Å². The second-order valence-electron chi connectivity index (χ2n) is 6.13. The second-order valence-corrected chi connectivity index (χ2v) is 6.54. The van der Waals surface area contributed by atoms with Crippen LogP contribution in [0.15, 0.2) is 18.2 Å². The summed E-state index contributed by atoms with van der Waals surface area (Å²) in [7, 11) is 1.50. The molecule has 136 valence electrons. The first-order valence-corrected chi connectivity index (χ1v) is 8.02. The summed E-state index contributed by atoms with van der Waals surface area (Å²) in [6, 6.07) is 3.54. The minimum Gasteiger partial charge on any atom is -0.389 e. The Kier molecular flexibility index (Phi) is 6.14. The predicted molar refractivity (Wildman–Crippen MR) is 83.9 cm³/mol. The largest absolute Gasteiger partial charge is 0.417 e. The quantitative estimate of drug-likeness (QED) is 0.840. The van der Waals surface area contributed by atoms with Gasteiger partial charge in [-0.05, 0) is 30.5 Å². The summed E-state index contributed by atoms with van der Waals surface area (Å²) < 4.78 is 43.8. The van der Waals surface area contributed by atoms with E-state index in [2.05, 4.69) is 0 Å². The standard InChI is InChI=1S/C16H21ClF3NO3/c1-24-10-12(22)9-21-6-4-15(23,5-7-21)11-2-3-14(17)13(8-11)16(18,19)20/h2-3,8,12,22-23H,4-7,9-10H2,1H3. The van der Waals surface area contributed by atoms with Gasteiger partial charge in [-0.1, -0.05) is 17.7 Å². The van der Waals surface area contributed by atoms with Crippen molar-refractivity contribution in [2.75, 3.05) is 33.4 Å². The smallest absolute Gasteiger partial charge is 0.389 e. The van der Waals surface area contributed by atoms with Gasteiger partial charge in [0.2, 0.25) is 0 Å². The third-order valence-corrected chi connectivity index (χ3v) is 4.65. The van der Waals surface area contributed by atoms with Gasteiger partial charge < -0.3 is 19.8 Å². The molecular weight excluding hydrogens is 347 g/mol. The molecule has 4 nitrogen and oxygen atoms in total. The number of likely N-dealkylation sites (tertiary alicyclic amines) is 1. The zero-order valence-corrected chi connectivity index (χ0v) is 14.1. The Hall–Kier alpha value is -0.860. The molecule has 0 aliphatic carbocycles. The maximum absolute atomic E-state index is 13.0. The lowest BCUT2D eigenvalue weighted by Crippen LogP contribution is -2.45. The van der Waals surface area contributed by atoms with Gasteiger partial charge in [0.25, 0.3) is 0 Å². The molecule has 0 aromatic heterocycles. The van der Waals surface area contributed by atoms with E-state index in [0.717, 1.165) is 6.07 Å². The summed E-state index contributed by atoms with van der Waals surface area (Å²) >= 11 is 5.63. The molecule has 1 saturated heterocycles. The zero-order chi connectivity index (χ0) is 18.0. The molecule has 0 bridgehead atoms. The molecule has 8 heteroatoms. The minimum absolute atomic E-state index is 0.215. The average Bonchev–Trinajstić information content (AvgIpc) is 2.49. The van der Waals surface area contributed by atoms with Crippen LogP contribution in [0.5, 0.6) is 0 Å². The Morgan fingerprint density at radius 2 is 1.96 bits per heavy atom. The molecule has 2 N–H and O–H groups in total. The summed E-state index contributed by atoms with van der Waals surface area (Å²) in [5, 5.41) is 20.1. The number of rotatable bonds is 5. The van der Waals surface area contributed by atoms with Crippen LogP contribution in [0.3, 0.4) is 0 Å². The van der Waals surface area contributed by atoms with Crippen LogP contribution in [0.1, 0.15) is 24.0 Å². The van der Waals surface area contributed by atoms with Gasteiger partial charge in [0.05, 0.1) is 28.9 Å². The molecule has 1 heterocycles. The lowest BCUT2D eigenvalue weighted by atomic mass is 9.83. The van der Waals surface area contributed by atoms with Crippen molar-refractivity contribution in [1.29, 1.82) is 0 Å². The number of hydrogen-bond donors (Lipinski definition) is 2. The zero-order valence-electron chi connectivity index (χ0n) is 13.3. The molecule has 2 rings (SSSR count). The third kappa shape index (κ3) is 4.61. The number of ether oxygens (including phenoxy) is 1. The van der Waals surface area contributed by atoms with Crippen molar-refractivity contribution < 1.29 is 28.1 Å². The van der Waals surface area contributed by atoms with Crippen molar-refractivity contribution in [2.45, 2.75) is 30.7 Å². The van der Waals surface area contributed by atoms with Gasteiger partial charge in [-0.15, -0.1) is 0 Å². The second kappa shape index (κ2) is 7.58. The number of alkyl halides is 3. The Morgan fingerprint density at radius 1 is 1.33 bits per heavy atom. The molecule has 0 radical (unpaired) electrons. The van der Waals surface area contributed by atoms with Gasteiger partial charge in [0.1, 0.15) is 0 Å². The van der Waals surface area contributed by atoms with Crippen molar-refractivity contribution in [3.8, 4) is 0 Å². The molecule has 1 aliphatic rings. The summed E-state index contributed by atoms with van der Waals surface area (Å²) in [6.07, 6.45) is -4.63. The number of aliphatic hydroxyl groups excluding tert-OH is 1. The fraction of sp³-hybridized carbons (Fsp3) is 0.625. The highest BCUT2D eigenvalue weighted by molar-refractivity contribution is 6.31. The van der Waals surface area contributed by atoms with E-state index in [-0.39, 0.29) is 30.0 Å². The van der Waals surface area contributed by atoms with E-state index < -0.39 is 23.4 Å². The molecule has 1 fully saturated rings. The number of nitrogens with zero attached hydrogens (tertiary/aromatic N) is 1. The fourth-order valence-electron chi connectivity index (χ4n) is 2.97. The predicted octanol–water partition coefficient (Wildman–Crippen LogP) is 2.65. The Labute approximate surface area is 143 Å². The molecule has 24 heavy (non-hydrogen) atoms. The van der Waals surface area contributed by atoms with E-state index in [1.807, 2.05) is 4.90 Å². The van der Waals surface area contributed by atoms with E-state index in [0.29, 0.717) is 19.6 Å². The van der Waals surface area contributed by atoms with Crippen molar-refractivity contribution in [2.24, 2.45) is 0 Å². The lowest BCUT2D eigenvalue weighted by molar-refractivity contribution is -0.137. The van der Waals surface area contributed by atoms with E-state index >= 15 is 0 Å². The Balaban J connectivity index is 2.08. The van der Waals surface area contributed by atoms with Crippen molar-refractivity contribution in [1.82, 2.24) is 4.90 Å². The summed E-state index contributed by atoms with van der Waals surface area (Å²) in [6.45, 7) is 1.56. The molecule has 0 saturated carbocycles. The molecule has 1 aromatic rings. The number of hydrogen-bond acceptors (Lipinski definition) is 4. The highest BCUT2D eigenvalue weighted by Gasteiger charge is 2.38. The SMILES string of the molecule is COCC(O)CN1CCC(O)(c2ccc(Cl)c(C(F)(F)F)c2)CC1. The van der Waals surface area contributed by atoms with Gasteiger partial charge in [-0.2, -0.15) is 13.2 Å². The van der Waals surface area contributed by atoms with Crippen LogP contribution in [-0.2, 0) is 16.5 Å². The molecule has 1 unspecified atom stereocenters. The van der Waals surface area contributed by atoms with E-state index in [4.69, 9.17) is 16.3 Å². The Bertz CT molecular complexity index is 560. The van der Waals surface area contributed by atoms with E-state index in [1.54, 1.807) is 0 Å². The van der Waals surface area contributed by atoms with Crippen LogP contribution in [0.2, 0.25) is 5.02 Å². The fourth-order valence-corrected chi connectivity index (χ4v) is 3.19. The normalized spacial score (nSPS) is 20.1. The molecule has 1 atom stereocenters. The summed E-state index contributed by atoms with van der Waals surface area (Å²) in [4.78, 5) is 1.96. The van der Waals surface area contributed by atoms with Crippen LogP contribution in [0, 0.1) is 0 Å². The highest BCUT2D eigenvalue weighted by Crippen LogP contribution is 2.39. The molecule has 1 aliphatic heterocycles. The van der Waals surface area contributed by atoms with Crippen LogP contribution in [0.4, 0.5) is 13.2 Å². The van der Waals surface area contributed by atoms with Gasteiger partial charge in [-0.25, -0.2) is 0 Å². The molecule has 0 spiro atoms. The van der Waals surface area contributed by atoms with E-state index in [1.165, 1.54) is 19.2 Å². The maximum Gasteiger partial charge on any atom is 0.417 e. The molecule has 1 aromatic carbocycles. The summed E-state index contributed by atoms with van der Waals surface area (Å²) in [5.41, 5.74) is -2.04. The van der Waals surface area contributed by atoms with Gasteiger partial charge >= 0.3 is 6.18 Å². The minimum atomic E-state index is -4.56. The van der Waals surface area contributed by atoms with Crippen molar-refractivity contribution in [3.63, 3.8) is 0 Å². The topological polar surface area (TPSA) is 52.9 Å². The number of halogens is 4. The van der Waals surface area contributed by atoms with Crippen LogP contribution < -0.4 is 0 Å². The first-order valence-electron chi connectivity index (χ1n) is 7.64. The molecular formula is C16H21ClF3NO3. The average molecular weight is 368 g/mol. The van der Waals surface area contributed by atoms with Crippen molar-refractivity contribution >= 4 is 11.6 Å². The van der Waals surface area contributed by atoms with Crippen molar-refractivity contribution in [3.05, 3.63) is 34.3 Å². The number of β-amino-alcohol motifs (C(OH)–C–C–N with tert-alkyl or cyclic N) is 1. The monoisotopic (exact) mass is 367 g/mol. The summed E-state index contributed by atoms with van der Waals surface area (Å²) in [5.74, 6) is 0. The highest BCUT2D eigenvalue weighted by atomic mass is 35.5. The van der Waals surface area contributed by atoms with Gasteiger partial charge in [-0.3, -0.25) is 0 Å². The van der Waals surface area contributed by atoms with E-state index in [9.17, 15) is 23.4 Å². The number of methoxy groups -OCH3 is 1. The van der Waals surface area contributed by atoms with Gasteiger partial charge in [0, 0.05) is 26.7 Å². The maximum atomic E-state index is 13.0. The third-order valence-electron chi connectivity index (χ3n) is 4.32.